The third-order valence-corrected chi connectivity index (χ3v) is 8.42. The monoisotopic (exact) mass is 574 g/mol. The average Bonchev–Trinajstić information content (AvgIpc) is 2.94. The van der Waals surface area contributed by atoms with Crippen LogP contribution < -0.4 is 0 Å². The highest BCUT2D eigenvalue weighted by atomic mass is 16.3. The van der Waals surface area contributed by atoms with Crippen LogP contribution in [0.15, 0.2) is 91.0 Å². The molecule has 0 bridgehead atoms. The smallest absolute Gasteiger partial charge is 0.123 e. The molecule has 0 aliphatic heterocycles. The molecule has 1 atom stereocenters. The molecule has 0 spiro atoms. The van der Waals surface area contributed by atoms with Crippen LogP contribution in [-0.2, 0) is 24.7 Å². The maximum absolute atomic E-state index is 11.1. The van der Waals surface area contributed by atoms with Crippen LogP contribution in [0.2, 0.25) is 0 Å². The van der Waals surface area contributed by atoms with E-state index in [-0.39, 0.29) is 28.7 Å². The van der Waals surface area contributed by atoms with Crippen LogP contribution in [0.1, 0.15) is 62.6 Å². The van der Waals surface area contributed by atoms with Gasteiger partial charge in [-0.15, -0.1) is 0 Å². The lowest BCUT2D eigenvalue weighted by atomic mass is 9.69. The van der Waals surface area contributed by atoms with Gasteiger partial charge in [0.15, 0.2) is 0 Å². The van der Waals surface area contributed by atoms with Gasteiger partial charge in [0, 0.05) is 29.9 Å². The summed E-state index contributed by atoms with van der Waals surface area (Å²) < 4.78 is 0. The van der Waals surface area contributed by atoms with Gasteiger partial charge in [-0.2, -0.15) is 0 Å². The highest BCUT2D eigenvalue weighted by Crippen LogP contribution is 2.43. The SMILES string of the molecule is Cc1ccc(O)c(Cc2cc(C)cc(Cc3cc(C)ccc3O)c2CC(C)(c2ccc(O)cc2)c2ccc(O)cc2O)c1. The standard InChI is InChI=1S/C38H38O5/c1-23-5-13-35(41)28(15-23)19-26-17-25(3)18-27(20-29-16-24(2)6-14-36(29)42)33(26)22-38(4,30-7-9-31(39)10-8-30)34-12-11-32(40)21-37(34)43/h5-18,21,39-43H,19-20,22H2,1-4H3. The van der Waals surface area contributed by atoms with Gasteiger partial charge >= 0.3 is 0 Å². The van der Waals surface area contributed by atoms with Gasteiger partial charge in [-0.05, 0) is 90.9 Å². The van der Waals surface area contributed by atoms with E-state index in [1.807, 2.05) is 64.1 Å². The molecule has 5 heteroatoms. The molecule has 5 aromatic rings. The maximum Gasteiger partial charge on any atom is 0.123 e. The Balaban J connectivity index is 1.75. The number of aromatic hydroxyl groups is 5. The Hall–Kier alpha value is -4.90. The molecule has 0 amide bonds. The van der Waals surface area contributed by atoms with E-state index in [4.69, 9.17) is 0 Å². The number of aryl methyl sites for hydroxylation is 3. The minimum Gasteiger partial charge on any atom is -0.508 e. The van der Waals surface area contributed by atoms with Gasteiger partial charge in [-0.25, -0.2) is 0 Å². The van der Waals surface area contributed by atoms with E-state index in [1.54, 1.807) is 36.4 Å². The van der Waals surface area contributed by atoms with Crippen molar-refractivity contribution in [2.45, 2.75) is 52.4 Å². The van der Waals surface area contributed by atoms with Gasteiger partial charge in [0.25, 0.3) is 0 Å². The van der Waals surface area contributed by atoms with Gasteiger partial charge < -0.3 is 25.5 Å². The topological polar surface area (TPSA) is 101 Å². The van der Waals surface area contributed by atoms with Crippen molar-refractivity contribution in [1.29, 1.82) is 0 Å². The Bertz CT molecular complexity index is 1710. The van der Waals surface area contributed by atoms with Crippen molar-refractivity contribution in [1.82, 2.24) is 0 Å². The largest absolute Gasteiger partial charge is 0.508 e. The predicted octanol–water partition coefficient (Wildman–Crippen LogP) is 7.87. The second kappa shape index (κ2) is 11.8. The van der Waals surface area contributed by atoms with E-state index in [0.29, 0.717) is 24.8 Å². The molecule has 0 saturated carbocycles. The molecule has 0 fully saturated rings. The first-order valence-electron chi connectivity index (χ1n) is 14.4. The van der Waals surface area contributed by atoms with E-state index >= 15 is 0 Å². The number of phenols is 5. The Kier molecular flexibility index (Phi) is 8.10. The maximum atomic E-state index is 11.1. The van der Waals surface area contributed by atoms with E-state index in [9.17, 15) is 25.5 Å². The number of benzene rings is 5. The van der Waals surface area contributed by atoms with Crippen molar-refractivity contribution in [3.8, 4) is 28.7 Å². The van der Waals surface area contributed by atoms with Crippen molar-refractivity contribution >= 4 is 0 Å². The van der Waals surface area contributed by atoms with Crippen LogP contribution in [0.5, 0.6) is 28.7 Å². The van der Waals surface area contributed by atoms with Crippen LogP contribution in [0, 0.1) is 20.8 Å². The zero-order valence-corrected chi connectivity index (χ0v) is 25.0. The average molecular weight is 575 g/mol. The fourth-order valence-electron chi connectivity index (χ4n) is 6.16. The van der Waals surface area contributed by atoms with Gasteiger partial charge in [0.2, 0.25) is 0 Å². The summed E-state index contributed by atoms with van der Waals surface area (Å²) in [6, 6.07) is 27.1. The summed E-state index contributed by atoms with van der Waals surface area (Å²) >= 11 is 0. The van der Waals surface area contributed by atoms with E-state index < -0.39 is 5.41 Å². The van der Waals surface area contributed by atoms with Gasteiger partial charge in [0.1, 0.15) is 28.7 Å². The highest BCUT2D eigenvalue weighted by Gasteiger charge is 2.34. The minimum absolute atomic E-state index is 0.0292. The molecule has 5 N–H and O–H groups in total. The second-order valence-corrected chi connectivity index (χ2v) is 11.9. The molecule has 220 valence electrons. The van der Waals surface area contributed by atoms with E-state index in [1.165, 1.54) is 6.07 Å². The number of hydrogen-bond acceptors (Lipinski definition) is 5. The molecular formula is C38H38O5. The molecule has 0 aromatic heterocycles. The van der Waals surface area contributed by atoms with E-state index in [0.717, 1.165) is 50.1 Å². The molecule has 5 aromatic carbocycles. The number of rotatable bonds is 8. The van der Waals surface area contributed by atoms with Gasteiger partial charge in [0.05, 0.1) is 0 Å². The third-order valence-electron chi connectivity index (χ3n) is 8.42. The molecule has 1 unspecified atom stereocenters. The molecule has 0 aliphatic carbocycles. The highest BCUT2D eigenvalue weighted by molar-refractivity contribution is 5.54. The normalized spacial score (nSPS) is 12.7. The Morgan fingerprint density at radius 1 is 0.488 bits per heavy atom. The Morgan fingerprint density at radius 3 is 1.49 bits per heavy atom. The quantitative estimate of drug-likeness (QED) is 0.130. The number of phenolic OH excluding ortho intramolecular Hbond substituents is 5. The zero-order valence-electron chi connectivity index (χ0n) is 25.0. The molecular weight excluding hydrogens is 536 g/mol. The molecule has 0 saturated heterocycles. The lowest BCUT2D eigenvalue weighted by Gasteiger charge is -2.34. The first-order chi connectivity index (χ1) is 20.4. The van der Waals surface area contributed by atoms with Gasteiger partial charge in [-0.1, -0.05) is 78.2 Å². The minimum atomic E-state index is -0.784. The second-order valence-electron chi connectivity index (χ2n) is 11.9. The summed E-state index contributed by atoms with van der Waals surface area (Å²) in [4.78, 5) is 0. The first kappa shape index (κ1) is 29.6. The zero-order chi connectivity index (χ0) is 30.9. The molecule has 5 rings (SSSR count). The summed E-state index contributed by atoms with van der Waals surface area (Å²) in [7, 11) is 0. The summed E-state index contributed by atoms with van der Waals surface area (Å²) in [5.41, 5.74) is 8.62. The van der Waals surface area contributed by atoms with Crippen molar-refractivity contribution in [2.75, 3.05) is 0 Å². The van der Waals surface area contributed by atoms with Crippen LogP contribution in [0.3, 0.4) is 0 Å². The fourth-order valence-corrected chi connectivity index (χ4v) is 6.16. The number of hydrogen-bond donors (Lipinski definition) is 5. The summed E-state index contributed by atoms with van der Waals surface area (Å²) in [6.45, 7) is 8.10. The fraction of sp³-hybridized carbons (Fsp3) is 0.211. The Labute approximate surface area is 253 Å². The van der Waals surface area contributed by atoms with Crippen molar-refractivity contribution in [3.05, 3.63) is 147 Å². The summed E-state index contributed by atoms with van der Waals surface area (Å²) in [5, 5.41) is 52.9. The van der Waals surface area contributed by atoms with Gasteiger partial charge in [-0.3, -0.25) is 0 Å². The lowest BCUT2D eigenvalue weighted by Crippen LogP contribution is -2.28. The van der Waals surface area contributed by atoms with Crippen molar-refractivity contribution in [2.24, 2.45) is 0 Å². The molecule has 43 heavy (non-hydrogen) atoms. The van der Waals surface area contributed by atoms with Crippen molar-refractivity contribution in [3.63, 3.8) is 0 Å². The molecule has 0 heterocycles. The predicted molar refractivity (Wildman–Crippen MR) is 171 cm³/mol. The molecule has 0 radical (unpaired) electrons. The van der Waals surface area contributed by atoms with Crippen LogP contribution >= 0.6 is 0 Å². The lowest BCUT2D eigenvalue weighted by molar-refractivity contribution is 0.429. The van der Waals surface area contributed by atoms with Crippen molar-refractivity contribution < 1.29 is 25.5 Å². The van der Waals surface area contributed by atoms with Crippen LogP contribution in [-0.4, -0.2) is 25.5 Å². The van der Waals surface area contributed by atoms with Crippen LogP contribution in [0.4, 0.5) is 0 Å². The summed E-state index contributed by atoms with van der Waals surface area (Å²) in [6.07, 6.45) is 1.44. The van der Waals surface area contributed by atoms with E-state index in [2.05, 4.69) is 12.1 Å². The van der Waals surface area contributed by atoms with Crippen LogP contribution in [0.25, 0.3) is 0 Å². The molecule has 5 nitrogen and oxygen atoms in total. The molecule has 0 aliphatic rings. The third kappa shape index (κ3) is 6.31. The Morgan fingerprint density at radius 2 is 0.977 bits per heavy atom. The first-order valence-corrected chi connectivity index (χ1v) is 14.4. The summed E-state index contributed by atoms with van der Waals surface area (Å²) in [5.74, 6) is 0.540.